The molecule has 0 saturated carbocycles. The van der Waals surface area contributed by atoms with Crippen molar-refractivity contribution in [2.45, 2.75) is 50.7 Å². The van der Waals surface area contributed by atoms with E-state index in [4.69, 9.17) is 4.74 Å². The minimum atomic E-state index is -2.79. The molecule has 104 valence electrons. The molecule has 0 aromatic heterocycles. The fourth-order valence-corrected chi connectivity index (χ4v) is 2.95. The highest BCUT2D eigenvalue weighted by molar-refractivity contribution is 5.33. The van der Waals surface area contributed by atoms with Crippen LogP contribution in [0.15, 0.2) is 24.3 Å². The minimum Gasteiger partial charge on any atom is -0.434 e. The summed E-state index contributed by atoms with van der Waals surface area (Å²) in [4.78, 5) is 0. The first-order valence-corrected chi connectivity index (χ1v) is 6.64. The molecule has 19 heavy (non-hydrogen) atoms. The van der Waals surface area contributed by atoms with E-state index in [9.17, 15) is 8.78 Å². The number of halogens is 2. The van der Waals surface area contributed by atoms with E-state index in [0.29, 0.717) is 18.7 Å². The first kappa shape index (κ1) is 12.8. The van der Waals surface area contributed by atoms with Crippen LogP contribution in [0.3, 0.4) is 0 Å². The Balaban J connectivity index is 1.60. The third-order valence-electron chi connectivity index (χ3n) is 3.85. The summed E-state index contributed by atoms with van der Waals surface area (Å²) in [7, 11) is 0. The number of hydrogen-bond donors (Lipinski definition) is 1. The summed E-state index contributed by atoms with van der Waals surface area (Å²) >= 11 is 0. The van der Waals surface area contributed by atoms with Gasteiger partial charge in [-0.15, -0.1) is 0 Å². The second-order valence-electron chi connectivity index (χ2n) is 5.08. The molecule has 1 aromatic rings. The van der Waals surface area contributed by atoms with Gasteiger partial charge in [-0.05, 0) is 25.3 Å². The number of hydrogen-bond acceptors (Lipinski definition) is 3. The Morgan fingerprint density at radius 1 is 1.32 bits per heavy atom. The van der Waals surface area contributed by atoms with Crippen molar-refractivity contribution in [1.82, 2.24) is 5.32 Å². The molecule has 2 heterocycles. The van der Waals surface area contributed by atoms with Gasteiger partial charge in [-0.3, -0.25) is 0 Å². The highest BCUT2D eigenvalue weighted by Gasteiger charge is 2.40. The lowest BCUT2D eigenvalue weighted by Crippen LogP contribution is -2.37. The largest absolute Gasteiger partial charge is 0.434 e. The van der Waals surface area contributed by atoms with E-state index in [1.54, 1.807) is 18.2 Å². The molecule has 2 fully saturated rings. The SMILES string of the molecule is FC(F)Oc1ccccc1CNC1CC2CCC1O2. The maximum absolute atomic E-state index is 12.3. The Hall–Kier alpha value is -1.20. The number of rotatable bonds is 5. The zero-order valence-electron chi connectivity index (χ0n) is 10.5. The number of ether oxygens (including phenoxy) is 2. The van der Waals surface area contributed by atoms with Crippen molar-refractivity contribution >= 4 is 0 Å². The Morgan fingerprint density at radius 3 is 2.84 bits per heavy atom. The summed E-state index contributed by atoms with van der Waals surface area (Å²) in [6.07, 6.45) is 3.93. The third-order valence-corrected chi connectivity index (χ3v) is 3.85. The van der Waals surface area contributed by atoms with Crippen molar-refractivity contribution in [2.24, 2.45) is 0 Å². The van der Waals surface area contributed by atoms with Gasteiger partial charge in [0.2, 0.25) is 0 Å². The summed E-state index contributed by atoms with van der Waals surface area (Å²) in [5.74, 6) is 0.245. The standard InChI is InChI=1S/C14H17F2NO2/c15-14(16)19-12-4-2-1-3-9(12)8-17-11-7-10-5-6-13(11)18-10/h1-4,10-11,13-14,17H,5-8H2. The predicted molar refractivity (Wildman–Crippen MR) is 66.2 cm³/mol. The summed E-state index contributed by atoms with van der Waals surface area (Å²) in [6, 6.07) is 7.23. The van der Waals surface area contributed by atoms with E-state index in [-0.39, 0.29) is 11.9 Å². The summed E-state index contributed by atoms with van der Waals surface area (Å²) in [5.41, 5.74) is 0.755. The van der Waals surface area contributed by atoms with Crippen LogP contribution in [0, 0.1) is 0 Å². The number of para-hydroxylation sites is 1. The Morgan fingerprint density at radius 2 is 2.16 bits per heavy atom. The van der Waals surface area contributed by atoms with Gasteiger partial charge in [0.15, 0.2) is 0 Å². The minimum absolute atomic E-state index is 0.245. The zero-order valence-corrected chi connectivity index (χ0v) is 10.5. The van der Waals surface area contributed by atoms with Crippen LogP contribution in [0.25, 0.3) is 0 Å². The first-order chi connectivity index (χ1) is 9.22. The molecule has 2 aliphatic heterocycles. The molecule has 2 aliphatic rings. The second-order valence-corrected chi connectivity index (χ2v) is 5.08. The van der Waals surface area contributed by atoms with Crippen LogP contribution in [-0.4, -0.2) is 24.9 Å². The molecule has 3 atom stereocenters. The number of fused-ring (bicyclic) bond motifs is 2. The molecular weight excluding hydrogens is 252 g/mol. The number of benzene rings is 1. The number of nitrogens with one attached hydrogen (secondary N) is 1. The van der Waals surface area contributed by atoms with Gasteiger partial charge in [-0.25, -0.2) is 0 Å². The molecule has 3 rings (SSSR count). The lowest BCUT2D eigenvalue weighted by Gasteiger charge is -2.20. The monoisotopic (exact) mass is 269 g/mol. The average molecular weight is 269 g/mol. The van der Waals surface area contributed by atoms with Crippen molar-refractivity contribution in [1.29, 1.82) is 0 Å². The van der Waals surface area contributed by atoms with Gasteiger partial charge in [-0.2, -0.15) is 8.78 Å². The molecule has 3 unspecified atom stereocenters. The first-order valence-electron chi connectivity index (χ1n) is 6.64. The Kier molecular flexibility index (Phi) is 3.66. The van der Waals surface area contributed by atoms with Gasteiger partial charge in [0.25, 0.3) is 0 Å². The highest BCUT2D eigenvalue weighted by atomic mass is 19.3. The number of alkyl halides is 2. The quantitative estimate of drug-likeness (QED) is 0.891. The molecule has 1 N–H and O–H groups in total. The van der Waals surface area contributed by atoms with Crippen LogP contribution in [-0.2, 0) is 11.3 Å². The lowest BCUT2D eigenvalue weighted by molar-refractivity contribution is -0.0505. The van der Waals surface area contributed by atoms with Gasteiger partial charge in [-0.1, -0.05) is 18.2 Å². The third kappa shape index (κ3) is 2.87. The van der Waals surface area contributed by atoms with Gasteiger partial charge in [0.1, 0.15) is 5.75 Å². The summed E-state index contributed by atoms with van der Waals surface area (Å²) < 4.78 is 34.9. The summed E-state index contributed by atoms with van der Waals surface area (Å²) in [5, 5.41) is 3.39. The van der Waals surface area contributed by atoms with Crippen molar-refractivity contribution in [3.05, 3.63) is 29.8 Å². The molecule has 2 saturated heterocycles. The van der Waals surface area contributed by atoms with Gasteiger partial charge in [0, 0.05) is 18.2 Å². The van der Waals surface area contributed by atoms with Crippen LogP contribution in [0.4, 0.5) is 8.78 Å². The van der Waals surface area contributed by atoms with E-state index in [0.717, 1.165) is 24.8 Å². The van der Waals surface area contributed by atoms with Crippen molar-refractivity contribution in [3.63, 3.8) is 0 Å². The van der Waals surface area contributed by atoms with E-state index >= 15 is 0 Å². The van der Waals surface area contributed by atoms with Crippen LogP contribution >= 0.6 is 0 Å². The normalized spacial score (nSPS) is 29.1. The topological polar surface area (TPSA) is 30.5 Å². The Labute approximate surface area is 110 Å². The lowest BCUT2D eigenvalue weighted by atomic mass is 9.95. The van der Waals surface area contributed by atoms with Crippen LogP contribution in [0.2, 0.25) is 0 Å². The molecule has 3 nitrogen and oxygen atoms in total. The highest BCUT2D eigenvalue weighted by Crippen LogP contribution is 2.34. The Bertz CT molecular complexity index is 441. The summed E-state index contributed by atoms with van der Waals surface area (Å²) in [6.45, 7) is -2.26. The average Bonchev–Trinajstić information content (AvgIpc) is 2.99. The van der Waals surface area contributed by atoms with Gasteiger partial charge < -0.3 is 14.8 Å². The molecule has 0 spiro atoms. The van der Waals surface area contributed by atoms with Crippen molar-refractivity contribution in [3.8, 4) is 5.75 Å². The van der Waals surface area contributed by atoms with Crippen molar-refractivity contribution in [2.75, 3.05) is 0 Å². The predicted octanol–water partition coefficient (Wildman–Crippen LogP) is 2.70. The molecule has 0 aliphatic carbocycles. The van der Waals surface area contributed by atoms with Gasteiger partial charge >= 0.3 is 6.61 Å². The molecular formula is C14H17F2NO2. The van der Waals surface area contributed by atoms with E-state index in [2.05, 4.69) is 10.1 Å². The molecule has 2 bridgehead atoms. The van der Waals surface area contributed by atoms with E-state index in [1.807, 2.05) is 6.07 Å². The second kappa shape index (κ2) is 5.43. The van der Waals surface area contributed by atoms with E-state index in [1.165, 1.54) is 0 Å². The molecule has 5 heteroatoms. The maximum atomic E-state index is 12.3. The maximum Gasteiger partial charge on any atom is 0.387 e. The molecule has 0 amide bonds. The smallest absolute Gasteiger partial charge is 0.387 e. The fraction of sp³-hybridized carbons (Fsp3) is 0.571. The zero-order chi connectivity index (χ0) is 13.2. The van der Waals surface area contributed by atoms with Crippen LogP contribution in [0.5, 0.6) is 5.75 Å². The molecule has 1 aromatic carbocycles. The van der Waals surface area contributed by atoms with Crippen molar-refractivity contribution < 1.29 is 18.3 Å². The van der Waals surface area contributed by atoms with Crippen LogP contribution < -0.4 is 10.1 Å². The fourth-order valence-electron chi connectivity index (χ4n) is 2.95. The van der Waals surface area contributed by atoms with Crippen LogP contribution in [0.1, 0.15) is 24.8 Å². The van der Waals surface area contributed by atoms with Gasteiger partial charge in [0.05, 0.1) is 12.2 Å². The van der Waals surface area contributed by atoms with E-state index < -0.39 is 6.61 Å². The molecule has 0 radical (unpaired) electrons.